The Bertz CT molecular complexity index is 1290. The summed E-state index contributed by atoms with van der Waals surface area (Å²) in [5.74, 6) is 0.506. The summed E-state index contributed by atoms with van der Waals surface area (Å²) >= 11 is 0. The van der Waals surface area contributed by atoms with Crippen LogP contribution in [-0.2, 0) is 6.42 Å². The van der Waals surface area contributed by atoms with Gasteiger partial charge >= 0.3 is 0 Å². The van der Waals surface area contributed by atoms with Gasteiger partial charge in [-0.25, -0.2) is 0 Å². The van der Waals surface area contributed by atoms with Crippen LogP contribution in [0.2, 0.25) is 0 Å². The van der Waals surface area contributed by atoms with Gasteiger partial charge in [0.25, 0.3) is 5.91 Å². The molecule has 4 aromatic rings. The molecule has 0 fully saturated rings. The Morgan fingerprint density at radius 1 is 0.839 bits per heavy atom. The van der Waals surface area contributed by atoms with Gasteiger partial charge in [-0.1, -0.05) is 72.8 Å². The molecule has 5 rings (SSSR count). The van der Waals surface area contributed by atoms with E-state index in [0.717, 1.165) is 39.4 Å². The van der Waals surface area contributed by atoms with E-state index in [0.29, 0.717) is 17.7 Å². The average molecular weight is 407 g/mol. The molecule has 1 aromatic heterocycles. The lowest BCUT2D eigenvalue weighted by molar-refractivity contribution is 0.0958. The van der Waals surface area contributed by atoms with Crippen LogP contribution in [-0.4, -0.2) is 22.8 Å². The van der Waals surface area contributed by atoms with Gasteiger partial charge in [-0.15, -0.1) is 0 Å². The molecule has 0 saturated heterocycles. The number of carbonyl (C=O) groups excluding carboxylic acids is 1. The molecule has 0 aliphatic carbocycles. The number of carbonyl (C=O) groups is 1. The van der Waals surface area contributed by atoms with Crippen molar-refractivity contribution in [2.45, 2.75) is 6.42 Å². The first-order chi connectivity index (χ1) is 15.2. The highest BCUT2D eigenvalue weighted by Crippen LogP contribution is 2.38. The molecule has 5 nitrogen and oxygen atoms in total. The van der Waals surface area contributed by atoms with Crippen molar-refractivity contribution >= 4 is 11.5 Å². The first-order valence-corrected chi connectivity index (χ1v) is 10.1. The second-order valence-electron chi connectivity index (χ2n) is 7.42. The van der Waals surface area contributed by atoms with Crippen LogP contribution in [0, 0.1) is 0 Å². The fourth-order valence-corrected chi connectivity index (χ4v) is 4.07. The minimum absolute atomic E-state index is 0.219. The van der Waals surface area contributed by atoms with Crippen LogP contribution < -0.4 is 10.5 Å². The van der Waals surface area contributed by atoms with Crippen LogP contribution in [0.25, 0.3) is 28.0 Å². The van der Waals surface area contributed by atoms with Crippen LogP contribution >= 0.6 is 0 Å². The van der Waals surface area contributed by atoms with E-state index in [2.05, 4.69) is 0 Å². The zero-order valence-corrected chi connectivity index (χ0v) is 17.1. The first-order valence-electron chi connectivity index (χ1n) is 10.1. The molecular formula is C26H21N3O2. The summed E-state index contributed by atoms with van der Waals surface area (Å²) in [7, 11) is 1.61. The Kier molecular flexibility index (Phi) is 4.64. The number of methoxy groups -OCH3 is 1. The molecule has 0 amide bonds. The van der Waals surface area contributed by atoms with Gasteiger partial charge in [-0.3, -0.25) is 4.79 Å². The number of rotatable bonds is 4. The molecule has 0 radical (unpaired) electrons. The van der Waals surface area contributed by atoms with Gasteiger partial charge in [-0.2, -0.15) is 9.78 Å². The summed E-state index contributed by atoms with van der Waals surface area (Å²) < 4.78 is 6.75. The lowest BCUT2D eigenvalue weighted by Gasteiger charge is -2.19. The Morgan fingerprint density at radius 2 is 1.45 bits per heavy atom. The van der Waals surface area contributed by atoms with Crippen molar-refractivity contribution in [1.82, 2.24) is 9.78 Å². The van der Waals surface area contributed by atoms with Crippen LogP contribution in [0.15, 0.2) is 90.6 Å². The Balaban J connectivity index is 1.69. The van der Waals surface area contributed by atoms with Gasteiger partial charge in [0.1, 0.15) is 11.4 Å². The highest BCUT2D eigenvalue weighted by atomic mass is 16.5. The van der Waals surface area contributed by atoms with Crippen molar-refractivity contribution in [3.8, 4) is 28.1 Å². The molecule has 1 aliphatic heterocycles. The number of nitrogens with zero attached hydrogens (tertiary/aromatic N) is 2. The molecular weight excluding hydrogens is 386 g/mol. The maximum absolute atomic E-state index is 13.5. The van der Waals surface area contributed by atoms with Gasteiger partial charge in [0, 0.05) is 23.2 Å². The van der Waals surface area contributed by atoms with Crippen LogP contribution in [0.4, 0.5) is 0 Å². The fourth-order valence-electron chi connectivity index (χ4n) is 4.07. The fraction of sp³-hybridized carbons (Fsp3) is 0.0769. The van der Waals surface area contributed by atoms with E-state index < -0.39 is 0 Å². The monoisotopic (exact) mass is 407 g/mol. The third kappa shape index (κ3) is 3.20. The molecule has 2 heterocycles. The minimum Gasteiger partial charge on any atom is -0.497 e. The van der Waals surface area contributed by atoms with Gasteiger partial charge in [0.15, 0.2) is 0 Å². The second kappa shape index (κ2) is 7.61. The summed E-state index contributed by atoms with van der Waals surface area (Å²) in [6.45, 7) is 0. The second-order valence-corrected chi connectivity index (χ2v) is 7.42. The van der Waals surface area contributed by atoms with Crippen LogP contribution in [0.5, 0.6) is 5.75 Å². The number of hydrogen-bond donors (Lipinski definition) is 1. The topological polar surface area (TPSA) is 70.1 Å². The minimum atomic E-state index is -0.219. The maximum Gasteiger partial charge on any atom is 0.280 e. The Hall–Kier alpha value is -4.12. The first kappa shape index (κ1) is 18.9. The molecule has 5 heteroatoms. The summed E-state index contributed by atoms with van der Waals surface area (Å²) in [6.07, 6.45) is 0.442. The van der Waals surface area contributed by atoms with E-state index in [9.17, 15) is 4.79 Å². The van der Waals surface area contributed by atoms with Crippen LogP contribution in [0.3, 0.4) is 0 Å². The van der Waals surface area contributed by atoms with Gasteiger partial charge in [-0.05, 0) is 23.3 Å². The smallest absolute Gasteiger partial charge is 0.280 e. The molecule has 0 bridgehead atoms. The number of allylic oxidation sites excluding steroid dienone is 2. The summed E-state index contributed by atoms with van der Waals surface area (Å²) in [6, 6.07) is 27.3. The normalized spacial score (nSPS) is 13.3. The lowest BCUT2D eigenvalue weighted by atomic mass is 9.93. The van der Waals surface area contributed by atoms with E-state index in [4.69, 9.17) is 15.6 Å². The van der Waals surface area contributed by atoms with E-state index in [1.165, 1.54) is 4.68 Å². The van der Waals surface area contributed by atoms with E-state index in [1.54, 1.807) is 7.11 Å². The summed E-state index contributed by atoms with van der Waals surface area (Å²) in [5.41, 5.74) is 12.7. The number of aromatic nitrogens is 2. The number of fused-ring (bicyclic) bond motifs is 1. The Labute approximate surface area is 180 Å². The molecule has 1 aliphatic rings. The van der Waals surface area contributed by atoms with E-state index in [-0.39, 0.29) is 5.91 Å². The number of nitrogens with two attached hydrogens (primary N) is 1. The van der Waals surface area contributed by atoms with Crippen molar-refractivity contribution in [1.29, 1.82) is 0 Å². The standard InChI is InChI=1S/C26H21N3O2/c1-31-20-14-12-18(13-15-20)23-21(27)16-22-24(17-8-4-2-5-9-17)25(28-29(22)26(23)30)19-10-6-3-7-11-19/h2-15H,16,27H2,1H3. The molecule has 0 unspecified atom stereocenters. The number of hydrogen-bond acceptors (Lipinski definition) is 4. The van der Waals surface area contributed by atoms with Gasteiger partial charge in [0.2, 0.25) is 0 Å². The molecule has 0 atom stereocenters. The van der Waals surface area contributed by atoms with Crippen molar-refractivity contribution in [2.75, 3.05) is 7.11 Å². The molecule has 31 heavy (non-hydrogen) atoms. The third-order valence-electron chi connectivity index (χ3n) is 5.55. The van der Waals surface area contributed by atoms with Crippen molar-refractivity contribution in [3.63, 3.8) is 0 Å². The highest BCUT2D eigenvalue weighted by molar-refractivity contribution is 6.22. The third-order valence-corrected chi connectivity index (χ3v) is 5.55. The zero-order valence-electron chi connectivity index (χ0n) is 17.1. The molecule has 152 valence electrons. The predicted molar refractivity (Wildman–Crippen MR) is 122 cm³/mol. The largest absolute Gasteiger partial charge is 0.497 e. The number of benzene rings is 3. The maximum atomic E-state index is 13.5. The molecule has 0 spiro atoms. The number of ether oxygens (including phenoxy) is 1. The lowest BCUT2D eigenvalue weighted by Crippen LogP contribution is -2.26. The van der Waals surface area contributed by atoms with Gasteiger partial charge < -0.3 is 10.5 Å². The average Bonchev–Trinajstić information content (AvgIpc) is 3.20. The zero-order chi connectivity index (χ0) is 21.4. The summed E-state index contributed by atoms with van der Waals surface area (Å²) in [4.78, 5) is 13.5. The molecule has 2 N–H and O–H groups in total. The van der Waals surface area contributed by atoms with Crippen molar-refractivity contribution in [2.24, 2.45) is 5.73 Å². The highest BCUT2D eigenvalue weighted by Gasteiger charge is 2.31. The van der Waals surface area contributed by atoms with E-state index >= 15 is 0 Å². The quantitative estimate of drug-likeness (QED) is 0.528. The predicted octanol–water partition coefficient (Wildman–Crippen LogP) is 4.79. The van der Waals surface area contributed by atoms with Crippen LogP contribution in [0.1, 0.15) is 16.1 Å². The van der Waals surface area contributed by atoms with Crippen molar-refractivity contribution in [3.05, 3.63) is 102 Å². The van der Waals surface area contributed by atoms with Crippen molar-refractivity contribution < 1.29 is 9.53 Å². The van der Waals surface area contributed by atoms with E-state index in [1.807, 2.05) is 84.9 Å². The summed E-state index contributed by atoms with van der Waals surface area (Å²) in [5, 5.41) is 4.78. The molecule has 0 saturated carbocycles. The SMILES string of the molecule is COc1ccc(C2=C(N)Cc3c(-c4ccccc4)c(-c4ccccc4)nn3C2=O)cc1. The Morgan fingerprint density at radius 3 is 2.06 bits per heavy atom. The van der Waals surface area contributed by atoms with Gasteiger partial charge in [0.05, 0.1) is 18.4 Å². The molecule has 3 aromatic carbocycles.